The van der Waals surface area contributed by atoms with Crippen molar-refractivity contribution in [1.29, 1.82) is 0 Å². The normalized spacial score (nSPS) is 10.4. The molecule has 2 N–H and O–H groups in total. The van der Waals surface area contributed by atoms with Gasteiger partial charge in [0.2, 0.25) is 5.91 Å². The number of hydrogen-bond donors (Lipinski definition) is 2. The van der Waals surface area contributed by atoms with E-state index in [2.05, 4.69) is 17.6 Å². The molecular formula is C13H18ClFN2O. The minimum Gasteiger partial charge on any atom is -0.325 e. The molecule has 3 nitrogen and oxygen atoms in total. The molecule has 1 amide bonds. The van der Waals surface area contributed by atoms with Crippen LogP contribution in [-0.2, 0) is 4.79 Å². The fourth-order valence-electron chi connectivity index (χ4n) is 1.48. The Labute approximate surface area is 112 Å². The van der Waals surface area contributed by atoms with Crippen LogP contribution in [0.2, 0.25) is 5.02 Å². The number of amides is 1. The van der Waals surface area contributed by atoms with E-state index in [0.29, 0.717) is 5.69 Å². The van der Waals surface area contributed by atoms with Gasteiger partial charge in [0.1, 0.15) is 5.82 Å². The Hall–Kier alpha value is -1.13. The van der Waals surface area contributed by atoms with Gasteiger partial charge in [0, 0.05) is 5.69 Å². The molecule has 0 radical (unpaired) electrons. The maximum Gasteiger partial charge on any atom is 0.238 e. The Bertz CT molecular complexity index is 399. The van der Waals surface area contributed by atoms with Crippen molar-refractivity contribution in [1.82, 2.24) is 5.32 Å². The Morgan fingerprint density at radius 1 is 1.39 bits per heavy atom. The molecule has 0 atom stereocenters. The second kappa shape index (κ2) is 8.06. The van der Waals surface area contributed by atoms with Gasteiger partial charge in [-0.3, -0.25) is 4.79 Å². The molecule has 0 heterocycles. The van der Waals surface area contributed by atoms with E-state index < -0.39 is 5.82 Å². The lowest BCUT2D eigenvalue weighted by atomic mass is 10.2. The van der Waals surface area contributed by atoms with Gasteiger partial charge < -0.3 is 10.6 Å². The smallest absolute Gasteiger partial charge is 0.238 e. The van der Waals surface area contributed by atoms with E-state index in [9.17, 15) is 9.18 Å². The molecule has 0 fully saturated rings. The van der Waals surface area contributed by atoms with Crippen molar-refractivity contribution in [2.75, 3.05) is 18.4 Å². The Morgan fingerprint density at radius 2 is 2.17 bits per heavy atom. The Balaban J connectivity index is 2.29. The van der Waals surface area contributed by atoms with Crippen LogP contribution in [0.1, 0.15) is 26.2 Å². The monoisotopic (exact) mass is 272 g/mol. The summed E-state index contributed by atoms with van der Waals surface area (Å²) in [5, 5.41) is 5.70. The number of halogens is 2. The quantitative estimate of drug-likeness (QED) is 0.749. The van der Waals surface area contributed by atoms with Crippen LogP contribution in [0.25, 0.3) is 0 Å². The van der Waals surface area contributed by atoms with Crippen molar-refractivity contribution in [2.45, 2.75) is 26.2 Å². The summed E-state index contributed by atoms with van der Waals surface area (Å²) in [6, 6.07) is 4.11. The predicted molar refractivity (Wildman–Crippen MR) is 72.4 cm³/mol. The van der Waals surface area contributed by atoms with E-state index in [1.807, 2.05) is 0 Å². The number of carbonyl (C=O) groups is 1. The fraction of sp³-hybridized carbons (Fsp3) is 0.462. The Kier molecular flexibility index (Phi) is 6.68. The van der Waals surface area contributed by atoms with Gasteiger partial charge in [-0.1, -0.05) is 31.4 Å². The molecule has 0 unspecified atom stereocenters. The second-order valence-electron chi connectivity index (χ2n) is 4.06. The lowest BCUT2D eigenvalue weighted by Gasteiger charge is -2.07. The van der Waals surface area contributed by atoms with Crippen LogP contribution in [0, 0.1) is 5.82 Å². The largest absolute Gasteiger partial charge is 0.325 e. The zero-order valence-corrected chi connectivity index (χ0v) is 11.2. The second-order valence-corrected chi connectivity index (χ2v) is 4.47. The summed E-state index contributed by atoms with van der Waals surface area (Å²) in [5.74, 6) is -0.651. The molecule has 0 aliphatic carbocycles. The molecule has 0 aliphatic heterocycles. The number of unbranched alkanes of at least 4 members (excludes halogenated alkanes) is 2. The van der Waals surface area contributed by atoms with E-state index in [0.717, 1.165) is 25.8 Å². The molecular weight excluding hydrogens is 255 g/mol. The first kappa shape index (κ1) is 14.9. The van der Waals surface area contributed by atoms with Crippen LogP contribution in [0.15, 0.2) is 18.2 Å². The SMILES string of the molecule is CCCCCNCC(=O)Nc1ccc(F)c(Cl)c1. The minimum absolute atomic E-state index is 0.00343. The maximum absolute atomic E-state index is 12.9. The number of anilines is 1. The number of rotatable bonds is 7. The summed E-state index contributed by atoms with van der Waals surface area (Å²) in [4.78, 5) is 11.5. The van der Waals surface area contributed by atoms with Gasteiger partial charge in [0.25, 0.3) is 0 Å². The first-order chi connectivity index (χ1) is 8.63. The molecule has 0 saturated carbocycles. The third-order valence-electron chi connectivity index (χ3n) is 2.45. The summed E-state index contributed by atoms with van der Waals surface area (Å²) in [7, 11) is 0. The zero-order chi connectivity index (χ0) is 13.4. The number of benzene rings is 1. The molecule has 0 aliphatic rings. The maximum atomic E-state index is 12.9. The molecule has 18 heavy (non-hydrogen) atoms. The van der Waals surface area contributed by atoms with Gasteiger partial charge in [-0.05, 0) is 31.2 Å². The highest BCUT2D eigenvalue weighted by molar-refractivity contribution is 6.31. The first-order valence-electron chi connectivity index (χ1n) is 6.09. The average Bonchev–Trinajstić information content (AvgIpc) is 2.34. The molecule has 0 spiro atoms. The molecule has 0 bridgehead atoms. The van der Waals surface area contributed by atoms with Gasteiger partial charge in [0.15, 0.2) is 0 Å². The van der Waals surface area contributed by atoms with Crippen molar-refractivity contribution >= 4 is 23.2 Å². The highest BCUT2D eigenvalue weighted by Crippen LogP contribution is 2.19. The van der Waals surface area contributed by atoms with Crippen LogP contribution in [-0.4, -0.2) is 19.0 Å². The summed E-state index contributed by atoms with van der Waals surface area (Å²) in [6.07, 6.45) is 3.37. The van der Waals surface area contributed by atoms with Gasteiger partial charge in [0.05, 0.1) is 11.6 Å². The summed E-state index contributed by atoms with van der Waals surface area (Å²) in [5.41, 5.74) is 0.502. The van der Waals surface area contributed by atoms with Crippen molar-refractivity contribution in [2.24, 2.45) is 0 Å². The van der Waals surface area contributed by atoms with Crippen LogP contribution in [0.5, 0.6) is 0 Å². The molecule has 1 aromatic rings. The van der Waals surface area contributed by atoms with Crippen LogP contribution < -0.4 is 10.6 Å². The van der Waals surface area contributed by atoms with Crippen LogP contribution >= 0.6 is 11.6 Å². The van der Waals surface area contributed by atoms with Crippen molar-refractivity contribution in [3.63, 3.8) is 0 Å². The first-order valence-corrected chi connectivity index (χ1v) is 6.47. The van der Waals surface area contributed by atoms with Crippen molar-refractivity contribution in [3.05, 3.63) is 29.0 Å². The summed E-state index contributed by atoms with van der Waals surface area (Å²) >= 11 is 5.62. The highest BCUT2D eigenvalue weighted by atomic mass is 35.5. The molecule has 5 heteroatoms. The number of nitrogens with one attached hydrogen (secondary N) is 2. The minimum atomic E-state index is -0.493. The zero-order valence-electron chi connectivity index (χ0n) is 10.4. The van der Waals surface area contributed by atoms with E-state index in [1.54, 1.807) is 0 Å². The van der Waals surface area contributed by atoms with Gasteiger partial charge in [-0.2, -0.15) is 0 Å². The lowest BCUT2D eigenvalue weighted by Crippen LogP contribution is -2.28. The molecule has 1 aromatic carbocycles. The molecule has 0 aromatic heterocycles. The Morgan fingerprint density at radius 3 is 2.83 bits per heavy atom. The third-order valence-corrected chi connectivity index (χ3v) is 2.74. The van der Waals surface area contributed by atoms with Gasteiger partial charge in [-0.25, -0.2) is 4.39 Å². The highest BCUT2D eigenvalue weighted by Gasteiger charge is 2.04. The van der Waals surface area contributed by atoms with E-state index >= 15 is 0 Å². The van der Waals surface area contributed by atoms with Crippen LogP contribution in [0.4, 0.5) is 10.1 Å². The molecule has 100 valence electrons. The summed E-state index contributed by atoms with van der Waals surface area (Å²) < 4.78 is 12.9. The third kappa shape index (κ3) is 5.47. The molecule has 1 rings (SSSR count). The van der Waals surface area contributed by atoms with Gasteiger partial charge >= 0.3 is 0 Å². The van der Waals surface area contributed by atoms with Crippen molar-refractivity contribution < 1.29 is 9.18 Å². The number of carbonyl (C=O) groups excluding carboxylic acids is 1. The van der Waals surface area contributed by atoms with E-state index in [-0.39, 0.29) is 17.5 Å². The molecule has 0 saturated heterocycles. The average molecular weight is 273 g/mol. The fourth-order valence-corrected chi connectivity index (χ4v) is 1.66. The summed E-state index contributed by atoms with van der Waals surface area (Å²) in [6.45, 7) is 3.20. The predicted octanol–water partition coefficient (Wildman–Crippen LogP) is 3.20. The number of hydrogen-bond acceptors (Lipinski definition) is 2. The van der Waals surface area contributed by atoms with Crippen molar-refractivity contribution in [3.8, 4) is 0 Å². The van der Waals surface area contributed by atoms with E-state index in [4.69, 9.17) is 11.6 Å². The topological polar surface area (TPSA) is 41.1 Å². The van der Waals surface area contributed by atoms with E-state index in [1.165, 1.54) is 18.2 Å². The van der Waals surface area contributed by atoms with Crippen LogP contribution in [0.3, 0.4) is 0 Å². The lowest BCUT2D eigenvalue weighted by molar-refractivity contribution is -0.115. The standard InChI is InChI=1S/C13H18ClFN2O/c1-2-3-4-7-16-9-13(18)17-10-5-6-12(15)11(14)8-10/h5-6,8,16H,2-4,7,9H2,1H3,(H,17,18). The van der Waals surface area contributed by atoms with Gasteiger partial charge in [-0.15, -0.1) is 0 Å².